The Morgan fingerprint density at radius 2 is 2.03 bits per heavy atom. The number of aromatic amines is 1. The van der Waals surface area contributed by atoms with Crippen LogP contribution in [-0.2, 0) is 4.79 Å². The minimum atomic E-state index is -0.635. The molecule has 38 heavy (non-hydrogen) atoms. The van der Waals surface area contributed by atoms with Crippen molar-refractivity contribution < 1.29 is 9.18 Å². The van der Waals surface area contributed by atoms with Gasteiger partial charge in [-0.1, -0.05) is 0 Å². The summed E-state index contributed by atoms with van der Waals surface area (Å²) in [7, 11) is 0. The highest BCUT2D eigenvalue weighted by Crippen LogP contribution is 2.40. The molecule has 5 aromatic rings. The second-order valence-electron chi connectivity index (χ2n) is 9.47. The number of carbonyl (C=O) groups is 1. The molecule has 1 saturated heterocycles. The van der Waals surface area contributed by atoms with Crippen molar-refractivity contribution in [1.82, 2.24) is 44.8 Å². The summed E-state index contributed by atoms with van der Waals surface area (Å²) in [5.74, 6) is 1.22. The Labute approximate surface area is 215 Å². The van der Waals surface area contributed by atoms with E-state index in [1.165, 1.54) is 31.2 Å². The molecular formula is C24H23FN12O. The zero-order chi connectivity index (χ0) is 25.6. The van der Waals surface area contributed by atoms with E-state index in [2.05, 4.69) is 36.0 Å². The molecule has 0 aromatic carbocycles. The average Bonchev–Trinajstić information content (AvgIpc) is 3.39. The highest BCUT2D eigenvalue weighted by atomic mass is 19.1. The molecule has 14 heteroatoms. The standard InChI is InChI=1S/C24H23FN12O/c25-20-6-5-15(12-26-20)29-23(38)19-10-16(37-27-7-8-28-37)13-35(19)24-31-22(18-2-1-9-36(18)34-24)30-21-11-17(32-33-21)14-3-4-14/h1-2,5-9,11-12,14,16,19H,3-4,10,13H2,(H,29,38)(H2,30,31,32,33,34)/t16-,19-/m0/s1. The quantitative estimate of drug-likeness (QED) is 0.279. The summed E-state index contributed by atoms with van der Waals surface area (Å²) in [6.45, 7) is 0.412. The van der Waals surface area contributed by atoms with E-state index in [1.54, 1.807) is 21.7 Å². The Morgan fingerprint density at radius 1 is 1.16 bits per heavy atom. The first-order valence-corrected chi connectivity index (χ1v) is 12.3. The number of nitrogens with zero attached hydrogens (tertiary/aromatic N) is 9. The fraction of sp³-hybridized carbons (Fsp3) is 0.292. The molecule has 1 amide bonds. The van der Waals surface area contributed by atoms with Gasteiger partial charge in [0.1, 0.15) is 11.6 Å². The van der Waals surface area contributed by atoms with Gasteiger partial charge in [0.2, 0.25) is 17.8 Å². The van der Waals surface area contributed by atoms with Crippen molar-refractivity contribution in [3.63, 3.8) is 0 Å². The van der Waals surface area contributed by atoms with Gasteiger partial charge >= 0.3 is 0 Å². The summed E-state index contributed by atoms with van der Waals surface area (Å²) >= 11 is 0. The Kier molecular flexibility index (Phi) is 5.23. The predicted molar refractivity (Wildman–Crippen MR) is 134 cm³/mol. The number of amides is 1. The van der Waals surface area contributed by atoms with Crippen molar-refractivity contribution in [2.75, 3.05) is 22.1 Å². The van der Waals surface area contributed by atoms with Crippen LogP contribution in [0, 0.1) is 5.95 Å². The maximum atomic E-state index is 13.4. The van der Waals surface area contributed by atoms with Crippen LogP contribution in [0.4, 0.5) is 27.7 Å². The number of pyridine rings is 1. The number of hydrogen-bond acceptors (Lipinski definition) is 9. The number of carbonyl (C=O) groups excluding carboxylic acids is 1. The first kappa shape index (κ1) is 22.3. The van der Waals surface area contributed by atoms with Gasteiger partial charge in [0, 0.05) is 36.8 Å². The second-order valence-corrected chi connectivity index (χ2v) is 9.47. The van der Waals surface area contributed by atoms with Crippen LogP contribution in [-0.4, -0.2) is 63.3 Å². The Morgan fingerprint density at radius 3 is 2.82 bits per heavy atom. The number of rotatable bonds is 7. The van der Waals surface area contributed by atoms with Crippen molar-refractivity contribution in [3.8, 4) is 0 Å². The van der Waals surface area contributed by atoms with Gasteiger partial charge in [0.15, 0.2) is 11.6 Å². The molecule has 5 aromatic heterocycles. The molecule has 6 heterocycles. The number of halogens is 1. The molecule has 13 nitrogen and oxygen atoms in total. The molecule has 2 fully saturated rings. The highest BCUT2D eigenvalue weighted by Gasteiger charge is 2.40. The number of nitrogens with one attached hydrogen (secondary N) is 3. The molecular weight excluding hydrogens is 491 g/mol. The van der Waals surface area contributed by atoms with Crippen LogP contribution in [0.5, 0.6) is 0 Å². The fourth-order valence-corrected chi connectivity index (χ4v) is 4.80. The van der Waals surface area contributed by atoms with E-state index in [-0.39, 0.29) is 11.9 Å². The van der Waals surface area contributed by atoms with E-state index in [1.807, 2.05) is 29.3 Å². The second kappa shape index (κ2) is 8.90. The summed E-state index contributed by atoms with van der Waals surface area (Å²) in [5.41, 5.74) is 2.27. The van der Waals surface area contributed by atoms with Crippen LogP contribution in [0.3, 0.4) is 0 Å². The van der Waals surface area contributed by atoms with Crippen LogP contribution >= 0.6 is 0 Å². The van der Waals surface area contributed by atoms with Crippen LogP contribution in [0.2, 0.25) is 0 Å². The Hall–Kier alpha value is -4.88. The van der Waals surface area contributed by atoms with Gasteiger partial charge in [0.25, 0.3) is 0 Å². The molecule has 0 bridgehead atoms. The maximum Gasteiger partial charge on any atom is 0.247 e. The largest absolute Gasteiger partial charge is 0.325 e. The summed E-state index contributed by atoms with van der Waals surface area (Å²) in [4.78, 5) is 25.3. The van der Waals surface area contributed by atoms with Gasteiger partial charge in [-0.2, -0.15) is 29.5 Å². The number of H-pyrrole nitrogens is 1. The normalized spacial score (nSPS) is 19.2. The Balaban J connectivity index is 1.22. The van der Waals surface area contributed by atoms with Gasteiger partial charge in [-0.3, -0.25) is 9.89 Å². The first-order valence-electron chi connectivity index (χ1n) is 12.3. The molecule has 1 aliphatic heterocycles. The third-order valence-corrected chi connectivity index (χ3v) is 6.84. The lowest BCUT2D eigenvalue weighted by Crippen LogP contribution is -2.41. The molecule has 192 valence electrons. The lowest BCUT2D eigenvalue weighted by atomic mass is 10.1. The van der Waals surface area contributed by atoms with E-state index in [0.29, 0.717) is 42.2 Å². The van der Waals surface area contributed by atoms with Crippen LogP contribution in [0.1, 0.15) is 36.9 Å². The van der Waals surface area contributed by atoms with Crippen molar-refractivity contribution >= 4 is 34.7 Å². The summed E-state index contributed by atoms with van der Waals surface area (Å²) in [5, 5.41) is 26.9. The molecule has 1 aliphatic carbocycles. The van der Waals surface area contributed by atoms with Crippen molar-refractivity contribution in [1.29, 1.82) is 0 Å². The van der Waals surface area contributed by atoms with E-state index >= 15 is 0 Å². The number of anilines is 4. The van der Waals surface area contributed by atoms with E-state index < -0.39 is 12.0 Å². The van der Waals surface area contributed by atoms with E-state index in [4.69, 9.17) is 10.1 Å². The lowest BCUT2D eigenvalue weighted by Gasteiger charge is -2.24. The van der Waals surface area contributed by atoms with E-state index in [0.717, 1.165) is 11.2 Å². The molecule has 3 N–H and O–H groups in total. The molecule has 0 spiro atoms. The van der Waals surface area contributed by atoms with Gasteiger partial charge in [-0.25, -0.2) is 9.50 Å². The number of fused-ring (bicyclic) bond motifs is 1. The van der Waals surface area contributed by atoms with Gasteiger partial charge < -0.3 is 15.5 Å². The van der Waals surface area contributed by atoms with Crippen molar-refractivity contribution in [2.45, 2.75) is 37.3 Å². The predicted octanol–water partition coefficient (Wildman–Crippen LogP) is 2.66. The SMILES string of the molecule is O=C(Nc1ccc(F)nc1)[C@@H]1C[C@H](n2nccn2)CN1c1nc(Nc2cc(C3CC3)[nH]n2)c2cccn2n1. The topological polar surface area (TPSA) is 147 Å². The molecule has 2 atom stereocenters. The average molecular weight is 515 g/mol. The monoisotopic (exact) mass is 514 g/mol. The van der Waals surface area contributed by atoms with Crippen molar-refractivity contribution in [2.24, 2.45) is 0 Å². The smallest absolute Gasteiger partial charge is 0.247 e. The summed E-state index contributed by atoms with van der Waals surface area (Å²) in [6.07, 6.45) is 9.08. The van der Waals surface area contributed by atoms with Crippen LogP contribution < -0.4 is 15.5 Å². The van der Waals surface area contributed by atoms with E-state index in [9.17, 15) is 9.18 Å². The first-order chi connectivity index (χ1) is 18.6. The fourth-order valence-electron chi connectivity index (χ4n) is 4.80. The maximum absolute atomic E-state index is 13.4. The zero-order valence-electron chi connectivity index (χ0n) is 20.1. The minimum absolute atomic E-state index is 0.181. The summed E-state index contributed by atoms with van der Waals surface area (Å²) in [6, 6.07) is 7.64. The molecule has 2 aliphatic rings. The minimum Gasteiger partial charge on any atom is -0.325 e. The molecule has 0 unspecified atom stereocenters. The number of aromatic nitrogens is 9. The summed E-state index contributed by atoms with van der Waals surface area (Å²) < 4.78 is 15.0. The molecule has 1 saturated carbocycles. The van der Waals surface area contributed by atoms with Gasteiger partial charge in [-0.05, 0) is 37.1 Å². The zero-order valence-corrected chi connectivity index (χ0v) is 20.1. The lowest BCUT2D eigenvalue weighted by molar-refractivity contribution is -0.117. The molecule has 7 rings (SSSR count). The van der Waals surface area contributed by atoms with Crippen LogP contribution in [0.15, 0.2) is 55.1 Å². The molecule has 0 radical (unpaired) electrons. The Bertz CT molecular complexity index is 1590. The third kappa shape index (κ3) is 4.19. The van der Waals surface area contributed by atoms with Gasteiger partial charge in [-0.15, -0.1) is 5.10 Å². The van der Waals surface area contributed by atoms with Gasteiger partial charge in [0.05, 0.1) is 30.3 Å². The highest BCUT2D eigenvalue weighted by molar-refractivity contribution is 5.97. The van der Waals surface area contributed by atoms with Crippen molar-refractivity contribution in [3.05, 3.63) is 66.8 Å². The third-order valence-electron chi connectivity index (χ3n) is 6.84. The number of hydrogen-bond donors (Lipinski definition) is 3. The van der Waals surface area contributed by atoms with Crippen LogP contribution in [0.25, 0.3) is 5.52 Å².